The van der Waals surface area contributed by atoms with Gasteiger partial charge in [-0.2, -0.15) is 0 Å². The van der Waals surface area contributed by atoms with Gasteiger partial charge in [0.2, 0.25) is 0 Å². The summed E-state index contributed by atoms with van der Waals surface area (Å²) in [7, 11) is 0. The van der Waals surface area contributed by atoms with Crippen LogP contribution in [0.3, 0.4) is 0 Å². The lowest BCUT2D eigenvalue weighted by molar-refractivity contribution is 0.228. The van der Waals surface area contributed by atoms with E-state index in [1.807, 2.05) is 0 Å². The van der Waals surface area contributed by atoms with Crippen LogP contribution in [0.2, 0.25) is 0 Å². The maximum absolute atomic E-state index is 3.39. The minimum atomic E-state index is 0.496. The van der Waals surface area contributed by atoms with Gasteiger partial charge < -0.3 is 10.2 Å². The lowest BCUT2D eigenvalue weighted by Gasteiger charge is -2.27. The molecule has 15 heavy (non-hydrogen) atoms. The largest absolute Gasteiger partial charge is 0.317 e. The molecular weight excluding hydrogens is 184 g/mol. The van der Waals surface area contributed by atoms with Gasteiger partial charge in [0.15, 0.2) is 0 Å². The zero-order valence-corrected chi connectivity index (χ0v) is 11.0. The molecule has 1 aliphatic rings. The Kier molecular flexibility index (Phi) is 5.07. The fraction of sp³-hybridized carbons (Fsp3) is 1.00. The molecule has 1 atom stereocenters. The average molecular weight is 212 g/mol. The van der Waals surface area contributed by atoms with Crippen molar-refractivity contribution in [3.63, 3.8) is 0 Å². The summed E-state index contributed by atoms with van der Waals surface area (Å²) < 4.78 is 0. The van der Waals surface area contributed by atoms with Crippen LogP contribution in [0.1, 0.15) is 40.5 Å². The van der Waals surface area contributed by atoms with Crippen LogP contribution >= 0.6 is 0 Å². The highest BCUT2D eigenvalue weighted by Gasteiger charge is 2.31. The molecule has 0 amide bonds. The van der Waals surface area contributed by atoms with Crippen molar-refractivity contribution in [2.24, 2.45) is 11.3 Å². The molecule has 0 spiro atoms. The molecule has 1 fully saturated rings. The Balaban J connectivity index is 2.14. The van der Waals surface area contributed by atoms with Crippen LogP contribution in [-0.4, -0.2) is 37.6 Å². The molecule has 0 aromatic carbocycles. The Hall–Kier alpha value is -0.0800. The molecule has 1 saturated heterocycles. The van der Waals surface area contributed by atoms with E-state index in [4.69, 9.17) is 0 Å². The van der Waals surface area contributed by atoms with Gasteiger partial charge in [0, 0.05) is 6.54 Å². The molecular formula is C13H28N2. The average Bonchev–Trinajstić information content (AvgIpc) is 2.60. The maximum Gasteiger partial charge on any atom is 0.00151 e. The topological polar surface area (TPSA) is 15.3 Å². The van der Waals surface area contributed by atoms with Crippen molar-refractivity contribution in [1.29, 1.82) is 0 Å². The van der Waals surface area contributed by atoms with Gasteiger partial charge in [0.05, 0.1) is 0 Å². The molecule has 2 nitrogen and oxygen atoms in total. The first-order chi connectivity index (χ1) is 7.04. The quantitative estimate of drug-likeness (QED) is 0.704. The summed E-state index contributed by atoms with van der Waals surface area (Å²) in [5, 5.41) is 3.39. The van der Waals surface area contributed by atoms with Gasteiger partial charge in [-0.25, -0.2) is 0 Å². The molecule has 1 heterocycles. The molecule has 0 bridgehead atoms. The predicted molar refractivity (Wildman–Crippen MR) is 67.2 cm³/mol. The monoisotopic (exact) mass is 212 g/mol. The van der Waals surface area contributed by atoms with Gasteiger partial charge in [0.25, 0.3) is 0 Å². The summed E-state index contributed by atoms with van der Waals surface area (Å²) in [6.45, 7) is 15.5. The third kappa shape index (κ3) is 4.52. The van der Waals surface area contributed by atoms with Crippen LogP contribution in [0.25, 0.3) is 0 Å². The maximum atomic E-state index is 3.39. The van der Waals surface area contributed by atoms with Gasteiger partial charge in [0.1, 0.15) is 0 Å². The van der Waals surface area contributed by atoms with Crippen LogP contribution in [0.4, 0.5) is 0 Å². The fourth-order valence-electron chi connectivity index (χ4n) is 2.35. The zero-order valence-electron chi connectivity index (χ0n) is 11.0. The molecule has 1 N–H and O–H groups in total. The second kappa shape index (κ2) is 5.86. The van der Waals surface area contributed by atoms with Crippen molar-refractivity contribution in [1.82, 2.24) is 10.2 Å². The van der Waals surface area contributed by atoms with E-state index in [9.17, 15) is 0 Å². The van der Waals surface area contributed by atoms with Crippen molar-refractivity contribution >= 4 is 0 Å². The highest BCUT2D eigenvalue weighted by Crippen LogP contribution is 2.33. The highest BCUT2D eigenvalue weighted by molar-refractivity contribution is 4.83. The lowest BCUT2D eigenvalue weighted by atomic mass is 9.80. The molecule has 0 aromatic rings. The van der Waals surface area contributed by atoms with E-state index in [1.165, 1.54) is 39.0 Å². The van der Waals surface area contributed by atoms with E-state index < -0.39 is 0 Å². The van der Waals surface area contributed by atoms with Gasteiger partial charge >= 0.3 is 0 Å². The molecule has 0 saturated carbocycles. The van der Waals surface area contributed by atoms with Crippen LogP contribution in [0.5, 0.6) is 0 Å². The standard InChI is InChI=1S/C13H28N2/c1-5-14-8-6-9-15-10-7-12(11-15)13(2,3)4/h12,14H,5-11H2,1-4H3. The summed E-state index contributed by atoms with van der Waals surface area (Å²) >= 11 is 0. The minimum absolute atomic E-state index is 0.496. The molecule has 0 aliphatic carbocycles. The predicted octanol–water partition coefficient (Wildman–Crippen LogP) is 2.35. The molecule has 0 aromatic heterocycles. The summed E-state index contributed by atoms with van der Waals surface area (Å²) in [6, 6.07) is 0. The van der Waals surface area contributed by atoms with E-state index in [1.54, 1.807) is 0 Å². The summed E-state index contributed by atoms with van der Waals surface area (Å²) in [5.74, 6) is 0.900. The third-order valence-corrected chi connectivity index (χ3v) is 3.58. The highest BCUT2D eigenvalue weighted by atomic mass is 15.1. The minimum Gasteiger partial charge on any atom is -0.317 e. The summed E-state index contributed by atoms with van der Waals surface area (Å²) in [5.41, 5.74) is 0.496. The summed E-state index contributed by atoms with van der Waals surface area (Å²) in [4.78, 5) is 2.63. The Morgan fingerprint density at radius 2 is 2.07 bits per heavy atom. The number of hydrogen-bond acceptors (Lipinski definition) is 2. The second-order valence-corrected chi connectivity index (χ2v) is 5.86. The molecule has 1 unspecified atom stereocenters. The van der Waals surface area contributed by atoms with Crippen molar-refractivity contribution in [2.45, 2.75) is 40.5 Å². The van der Waals surface area contributed by atoms with E-state index in [0.717, 1.165) is 12.5 Å². The SMILES string of the molecule is CCNCCCN1CCC(C(C)(C)C)C1. The third-order valence-electron chi connectivity index (χ3n) is 3.58. The van der Waals surface area contributed by atoms with Gasteiger partial charge in [-0.1, -0.05) is 27.7 Å². The van der Waals surface area contributed by atoms with Crippen molar-refractivity contribution in [3.05, 3.63) is 0 Å². The Morgan fingerprint density at radius 3 is 2.60 bits per heavy atom. The zero-order chi connectivity index (χ0) is 11.3. The first kappa shape index (κ1) is 13.0. The number of nitrogens with zero attached hydrogens (tertiary/aromatic N) is 1. The molecule has 1 rings (SSSR count). The van der Waals surface area contributed by atoms with Crippen LogP contribution in [0, 0.1) is 11.3 Å². The Labute approximate surface area is 95.4 Å². The van der Waals surface area contributed by atoms with Crippen LogP contribution < -0.4 is 5.32 Å². The van der Waals surface area contributed by atoms with E-state index in [2.05, 4.69) is 37.9 Å². The smallest absolute Gasteiger partial charge is 0.00151 e. The number of hydrogen-bond donors (Lipinski definition) is 1. The first-order valence-electron chi connectivity index (χ1n) is 6.47. The fourth-order valence-corrected chi connectivity index (χ4v) is 2.35. The Morgan fingerprint density at radius 1 is 1.33 bits per heavy atom. The lowest BCUT2D eigenvalue weighted by Crippen LogP contribution is -2.28. The first-order valence-corrected chi connectivity index (χ1v) is 6.47. The summed E-state index contributed by atoms with van der Waals surface area (Å²) in [6.07, 6.45) is 2.69. The van der Waals surface area contributed by atoms with Gasteiger partial charge in [-0.15, -0.1) is 0 Å². The van der Waals surface area contributed by atoms with Gasteiger partial charge in [-0.05, 0) is 50.4 Å². The normalized spacial score (nSPS) is 23.6. The van der Waals surface area contributed by atoms with E-state index >= 15 is 0 Å². The second-order valence-electron chi connectivity index (χ2n) is 5.86. The molecule has 90 valence electrons. The van der Waals surface area contributed by atoms with E-state index in [0.29, 0.717) is 5.41 Å². The van der Waals surface area contributed by atoms with Crippen molar-refractivity contribution in [3.8, 4) is 0 Å². The molecule has 2 heteroatoms. The van der Waals surface area contributed by atoms with Crippen molar-refractivity contribution < 1.29 is 0 Å². The Bertz CT molecular complexity index is 172. The number of rotatable bonds is 5. The van der Waals surface area contributed by atoms with Gasteiger partial charge in [-0.3, -0.25) is 0 Å². The van der Waals surface area contributed by atoms with Crippen LogP contribution in [0.15, 0.2) is 0 Å². The van der Waals surface area contributed by atoms with Crippen LogP contribution in [-0.2, 0) is 0 Å². The number of likely N-dealkylation sites (tertiary alicyclic amines) is 1. The van der Waals surface area contributed by atoms with E-state index in [-0.39, 0.29) is 0 Å². The number of nitrogens with one attached hydrogen (secondary N) is 1. The molecule has 0 radical (unpaired) electrons. The van der Waals surface area contributed by atoms with Crippen molar-refractivity contribution in [2.75, 3.05) is 32.7 Å². The molecule has 1 aliphatic heterocycles.